The van der Waals surface area contributed by atoms with E-state index in [0.29, 0.717) is 0 Å². The summed E-state index contributed by atoms with van der Waals surface area (Å²) in [6.45, 7) is 11.5. The molecule has 0 aliphatic carbocycles. The molecule has 3 nitrogen and oxygen atoms in total. The van der Waals surface area contributed by atoms with Crippen LogP contribution in [-0.4, -0.2) is 11.4 Å². The molecule has 0 unspecified atom stereocenters. The van der Waals surface area contributed by atoms with Crippen molar-refractivity contribution in [2.45, 2.75) is 47.1 Å². The zero-order valence-electron chi connectivity index (χ0n) is 12.2. The number of aryl methyl sites for hydroxylation is 1. The minimum atomic E-state index is -0.636. The largest absolute Gasteiger partial charge is 0.325 e. The summed E-state index contributed by atoms with van der Waals surface area (Å²) in [4.78, 5) is 12.4. The van der Waals surface area contributed by atoms with Crippen molar-refractivity contribution >= 4 is 11.6 Å². The van der Waals surface area contributed by atoms with Gasteiger partial charge in [0.2, 0.25) is 5.91 Å². The van der Waals surface area contributed by atoms with Crippen molar-refractivity contribution in [3.63, 3.8) is 0 Å². The molecule has 0 atom stereocenters. The average molecular weight is 248 g/mol. The van der Waals surface area contributed by atoms with E-state index in [1.807, 2.05) is 59.7 Å². The van der Waals surface area contributed by atoms with Crippen molar-refractivity contribution < 1.29 is 4.79 Å². The fourth-order valence-corrected chi connectivity index (χ4v) is 1.46. The van der Waals surface area contributed by atoms with E-state index in [-0.39, 0.29) is 5.91 Å². The molecule has 0 aromatic heterocycles. The van der Waals surface area contributed by atoms with Gasteiger partial charge in [-0.3, -0.25) is 4.79 Å². The van der Waals surface area contributed by atoms with E-state index in [2.05, 4.69) is 5.32 Å². The zero-order valence-corrected chi connectivity index (χ0v) is 12.2. The highest BCUT2D eigenvalue weighted by molar-refractivity contribution is 5.96. The van der Waals surface area contributed by atoms with Crippen LogP contribution in [0.1, 0.15) is 38.8 Å². The fourth-order valence-electron chi connectivity index (χ4n) is 1.46. The number of carbonyl (C=O) groups excluding carboxylic acids is 1. The lowest BCUT2D eigenvalue weighted by molar-refractivity contribution is -0.126. The average Bonchev–Trinajstić information content (AvgIpc) is 2.23. The van der Waals surface area contributed by atoms with Gasteiger partial charge in [0.1, 0.15) is 0 Å². The Bertz CT molecular complexity index is 456. The molecular weight excluding hydrogens is 224 g/mol. The lowest BCUT2D eigenvalue weighted by atomic mass is 9.74. The zero-order chi connectivity index (χ0) is 14.1. The maximum atomic E-state index is 12.4. The molecule has 0 saturated heterocycles. The minimum Gasteiger partial charge on any atom is -0.325 e. The van der Waals surface area contributed by atoms with Crippen molar-refractivity contribution in [2.75, 3.05) is 5.32 Å². The molecule has 0 heterocycles. The second kappa shape index (κ2) is 4.73. The highest BCUT2D eigenvalue weighted by Gasteiger charge is 2.40. The van der Waals surface area contributed by atoms with Gasteiger partial charge < -0.3 is 11.1 Å². The molecule has 1 rings (SSSR count). The van der Waals surface area contributed by atoms with Gasteiger partial charge in [0, 0.05) is 11.2 Å². The summed E-state index contributed by atoms with van der Waals surface area (Å²) < 4.78 is 0. The fraction of sp³-hybridized carbons (Fsp3) is 0.533. The van der Waals surface area contributed by atoms with E-state index in [1.165, 1.54) is 0 Å². The molecule has 0 spiro atoms. The van der Waals surface area contributed by atoms with E-state index in [9.17, 15) is 4.79 Å². The Morgan fingerprint density at radius 2 is 1.72 bits per heavy atom. The summed E-state index contributed by atoms with van der Waals surface area (Å²) in [6, 6.07) is 5.89. The van der Waals surface area contributed by atoms with Crippen LogP contribution in [0.5, 0.6) is 0 Å². The Morgan fingerprint density at radius 3 is 2.22 bits per heavy atom. The smallest absolute Gasteiger partial charge is 0.231 e. The van der Waals surface area contributed by atoms with Crippen LogP contribution in [0.15, 0.2) is 18.2 Å². The lowest BCUT2D eigenvalue weighted by Gasteiger charge is -2.37. The number of amides is 1. The highest BCUT2D eigenvalue weighted by atomic mass is 16.2. The number of nitrogens with two attached hydrogens (primary N) is 1. The highest BCUT2D eigenvalue weighted by Crippen LogP contribution is 2.30. The van der Waals surface area contributed by atoms with Gasteiger partial charge in [-0.15, -0.1) is 0 Å². The number of hydrogen-bond acceptors (Lipinski definition) is 2. The quantitative estimate of drug-likeness (QED) is 0.864. The van der Waals surface area contributed by atoms with E-state index in [4.69, 9.17) is 5.73 Å². The van der Waals surface area contributed by atoms with Crippen molar-refractivity contribution in [3.8, 4) is 0 Å². The van der Waals surface area contributed by atoms with E-state index in [1.54, 1.807) is 0 Å². The number of anilines is 1. The summed E-state index contributed by atoms with van der Waals surface area (Å²) in [5, 5.41) is 2.98. The Kier molecular flexibility index (Phi) is 3.86. The van der Waals surface area contributed by atoms with Crippen LogP contribution in [0.2, 0.25) is 0 Å². The molecule has 0 radical (unpaired) electrons. The van der Waals surface area contributed by atoms with Gasteiger partial charge in [-0.2, -0.15) is 0 Å². The molecule has 1 amide bonds. The maximum absolute atomic E-state index is 12.4. The third-order valence-electron chi connectivity index (χ3n) is 4.03. The van der Waals surface area contributed by atoms with Gasteiger partial charge in [0.25, 0.3) is 0 Å². The Balaban J connectivity index is 2.99. The standard InChI is InChI=1S/C15H24N2O/c1-10-8-7-9-12(11(10)2)17-13(18)14(3,4)15(5,6)16/h7-9H,16H2,1-6H3,(H,17,18). The Labute approximate surface area is 110 Å². The molecular formula is C15H24N2O. The van der Waals surface area contributed by atoms with Gasteiger partial charge in [-0.25, -0.2) is 0 Å². The van der Waals surface area contributed by atoms with Gasteiger partial charge in [0.05, 0.1) is 5.41 Å². The van der Waals surface area contributed by atoms with Crippen molar-refractivity contribution in [2.24, 2.45) is 11.1 Å². The summed E-state index contributed by atoms with van der Waals surface area (Å²) in [7, 11) is 0. The van der Waals surface area contributed by atoms with Crippen LogP contribution in [0.25, 0.3) is 0 Å². The van der Waals surface area contributed by atoms with Crippen molar-refractivity contribution in [1.29, 1.82) is 0 Å². The molecule has 3 heteroatoms. The topological polar surface area (TPSA) is 55.1 Å². The Morgan fingerprint density at radius 1 is 1.17 bits per heavy atom. The molecule has 0 fully saturated rings. The second-order valence-electron chi connectivity index (χ2n) is 6.05. The molecule has 3 N–H and O–H groups in total. The molecule has 0 aliphatic rings. The van der Waals surface area contributed by atoms with Crippen molar-refractivity contribution in [1.82, 2.24) is 0 Å². The van der Waals surface area contributed by atoms with E-state index < -0.39 is 11.0 Å². The summed E-state index contributed by atoms with van der Waals surface area (Å²) in [6.07, 6.45) is 0. The third-order valence-corrected chi connectivity index (χ3v) is 4.03. The van der Waals surface area contributed by atoms with Crippen LogP contribution in [-0.2, 0) is 4.79 Å². The Hall–Kier alpha value is -1.35. The third kappa shape index (κ3) is 2.72. The molecule has 18 heavy (non-hydrogen) atoms. The van der Waals surface area contributed by atoms with E-state index in [0.717, 1.165) is 16.8 Å². The number of hydrogen-bond donors (Lipinski definition) is 2. The number of benzene rings is 1. The minimum absolute atomic E-state index is 0.0521. The summed E-state index contributed by atoms with van der Waals surface area (Å²) in [5.74, 6) is -0.0521. The first-order valence-electron chi connectivity index (χ1n) is 6.24. The van der Waals surface area contributed by atoms with Gasteiger partial charge >= 0.3 is 0 Å². The SMILES string of the molecule is Cc1cccc(NC(=O)C(C)(C)C(C)(C)N)c1C. The molecule has 1 aromatic rings. The first-order valence-corrected chi connectivity index (χ1v) is 6.24. The summed E-state index contributed by atoms with van der Waals surface area (Å²) >= 11 is 0. The van der Waals surface area contributed by atoms with Crippen molar-refractivity contribution in [3.05, 3.63) is 29.3 Å². The lowest BCUT2D eigenvalue weighted by Crippen LogP contribution is -2.53. The van der Waals surface area contributed by atoms with Crippen LogP contribution >= 0.6 is 0 Å². The molecule has 100 valence electrons. The maximum Gasteiger partial charge on any atom is 0.231 e. The normalized spacial score (nSPS) is 12.4. The monoisotopic (exact) mass is 248 g/mol. The molecule has 1 aromatic carbocycles. The number of nitrogens with one attached hydrogen (secondary N) is 1. The second-order valence-corrected chi connectivity index (χ2v) is 6.05. The summed E-state index contributed by atoms with van der Waals surface area (Å²) in [5.41, 5.74) is 7.98. The van der Waals surface area contributed by atoms with Crippen LogP contribution in [0.3, 0.4) is 0 Å². The van der Waals surface area contributed by atoms with Crippen LogP contribution in [0, 0.1) is 19.3 Å². The molecule has 0 saturated carbocycles. The predicted molar refractivity (Wildman–Crippen MR) is 76.6 cm³/mol. The molecule has 0 bridgehead atoms. The van der Waals surface area contributed by atoms with Gasteiger partial charge in [-0.1, -0.05) is 12.1 Å². The van der Waals surface area contributed by atoms with Gasteiger partial charge in [-0.05, 0) is 58.7 Å². The first-order chi connectivity index (χ1) is 8.07. The van der Waals surface area contributed by atoms with E-state index >= 15 is 0 Å². The number of carbonyl (C=O) groups is 1. The number of rotatable bonds is 3. The predicted octanol–water partition coefficient (Wildman–Crippen LogP) is 3.01. The van der Waals surface area contributed by atoms with Gasteiger partial charge in [0.15, 0.2) is 0 Å². The van der Waals surface area contributed by atoms with Crippen LogP contribution in [0.4, 0.5) is 5.69 Å². The first kappa shape index (κ1) is 14.7. The van der Waals surface area contributed by atoms with Crippen LogP contribution < -0.4 is 11.1 Å². The molecule has 0 aliphatic heterocycles.